The van der Waals surface area contributed by atoms with E-state index in [1.807, 2.05) is 24.3 Å². The first-order chi connectivity index (χ1) is 13.5. The summed E-state index contributed by atoms with van der Waals surface area (Å²) in [7, 11) is 0. The van der Waals surface area contributed by atoms with Crippen LogP contribution in [0.25, 0.3) is 0 Å². The molecule has 9 heteroatoms. The monoisotopic (exact) mass is 417 g/mol. The Hall–Kier alpha value is -2.90. The van der Waals surface area contributed by atoms with Crippen LogP contribution in [0.5, 0.6) is 0 Å². The highest BCUT2D eigenvalue weighted by molar-refractivity contribution is 6.42. The number of hydrogen-bond acceptors (Lipinski definition) is 4. The van der Waals surface area contributed by atoms with Gasteiger partial charge in [-0.2, -0.15) is 5.10 Å². The summed E-state index contributed by atoms with van der Waals surface area (Å²) in [5.41, 5.74) is 2.33. The normalized spacial score (nSPS) is 10.5. The zero-order chi connectivity index (χ0) is 19.9. The molecule has 0 bridgehead atoms. The Kier molecular flexibility index (Phi) is 6.62. The number of benzene rings is 2. The number of rotatable bonds is 7. The first-order valence-electron chi connectivity index (χ1n) is 8.41. The summed E-state index contributed by atoms with van der Waals surface area (Å²) in [6.45, 7) is 0.811. The maximum absolute atomic E-state index is 12.1. The van der Waals surface area contributed by atoms with Crippen molar-refractivity contribution in [3.05, 3.63) is 81.9 Å². The molecule has 144 valence electrons. The Balaban J connectivity index is 1.47. The minimum absolute atomic E-state index is 0.141. The van der Waals surface area contributed by atoms with Crippen molar-refractivity contribution < 1.29 is 9.59 Å². The van der Waals surface area contributed by atoms with E-state index in [1.165, 1.54) is 18.5 Å². The number of carbonyl (C=O) groups excluding carboxylic acids is 2. The van der Waals surface area contributed by atoms with Crippen LogP contribution in [0.4, 0.5) is 0 Å². The highest BCUT2D eigenvalue weighted by Crippen LogP contribution is 2.22. The molecule has 3 rings (SSSR count). The van der Waals surface area contributed by atoms with E-state index in [0.717, 1.165) is 11.1 Å². The minimum Gasteiger partial charge on any atom is -0.350 e. The third-order valence-electron chi connectivity index (χ3n) is 3.88. The fourth-order valence-electron chi connectivity index (χ4n) is 2.50. The van der Waals surface area contributed by atoms with Gasteiger partial charge in [0.05, 0.1) is 23.1 Å². The van der Waals surface area contributed by atoms with Crippen LogP contribution in [0.2, 0.25) is 10.0 Å². The molecule has 0 aliphatic rings. The van der Waals surface area contributed by atoms with Crippen molar-refractivity contribution in [2.75, 3.05) is 6.54 Å². The lowest BCUT2D eigenvalue weighted by Gasteiger charge is -2.09. The van der Waals surface area contributed by atoms with Crippen LogP contribution >= 0.6 is 23.2 Å². The van der Waals surface area contributed by atoms with E-state index in [9.17, 15) is 9.59 Å². The van der Waals surface area contributed by atoms with E-state index >= 15 is 0 Å². The van der Waals surface area contributed by atoms with Gasteiger partial charge in [-0.25, -0.2) is 9.67 Å². The molecule has 0 unspecified atom stereocenters. The Morgan fingerprint density at radius 2 is 1.82 bits per heavy atom. The summed E-state index contributed by atoms with van der Waals surface area (Å²) < 4.78 is 1.72. The number of nitrogens with one attached hydrogen (secondary N) is 2. The number of halogens is 2. The lowest BCUT2D eigenvalue weighted by atomic mass is 10.1. The molecule has 2 aromatic carbocycles. The molecule has 28 heavy (non-hydrogen) atoms. The molecule has 1 heterocycles. The Morgan fingerprint density at radius 3 is 2.57 bits per heavy atom. The first-order valence-corrected chi connectivity index (χ1v) is 9.17. The molecular weight excluding hydrogens is 401 g/mol. The molecule has 2 amide bonds. The number of amides is 2. The van der Waals surface area contributed by atoms with Crippen LogP contribution in [0.3, 0.4) is 0 Å². The summed E-state index contributed by atoms with van der Waals surface area (Å²) in [6.07, 6.45) is 3.13. The van der Waals surface area contributed by atoms with Crippen molar-refractivity contribution in [1.82, 2.24) is 25.4 Å². The van der Waals surface area contributed by atoms with Gasteiger partial charge in [0.25, 0.3) is 5.91 Å². The summed E-state index contributed by atoms with van der Waals surface area (Å²) in [5.74, 6) is -0.696. The van der Waals surface area contributed by atoms with E-state index in [-0.39, 0.29) is 17.5 Å². The van der Waals surface area contributed by atoms with Gasteiger partial charge in [-0.05, 0) is 29.3 Å². The van der Waals surface area contributed by atoms with Gasteiger partial charge in [0, 0.05) is 12.1 Å². The van der Waals surface area contributed by atoms with Crippen LogP contribution in [0.15, 0.2) is 55.1 Å². The SMILES string of the molecule is O=C(CNC(=O)c1ccc(Cl)c(Cl)c1)NCc1cccc(Cn2cncn2)c1. The summed E-state index contributed by atoms with van der Waals surface area (Å²) in [5, 5.41) is 10.0. The quantitative estimate of drug-likeness (QED) is 0.618. The van der Waals surface area contributed by atoms with E-state index in [1.54, 1.807) is 17.1 Å². The van der Waals surface area contributed by atoms with Gasteiger partial charge >= 0.3 is 0 Å². The van der Waals surface area contributed by atoms with Gasteiger partial charge in [-0.15, -0.1) is 0 Å². The van der Waals surface area contributed by atoms with E-state index < -0.39 is 5.91 Å². The maximum Gasteiger partial charge on any atom is 0.251 e. The summed E-state index contributed by atoms with van der Waals surface area (Å²) in [4.78, 5) is 28.0. The number of nitrogens with zero attached hydrogens (tertiary/aromatic N) is 3. The zero-order valence-corrected chi connectivity index (χ0v) is 16.2. The average molecular weight is 418 g/mol. The molecule has 0 aliphatic carbocycles. The molecule has 1 aromatic heterocycles. The Morgan fingerprint density at radius 1 is 1.00 bits per heavy atom. The molecule has 0 saturated carbocycles. The lowest BCUT2D eigenvalue weighted by molar-refractivity contribution is -0.120. The third kappa shape index (κ3) is 5.55. The maximum atomic E-state index is 12.1. The molecule has 0 saturated heterocycles. The van der Waals surface area contributed by atoms with Gasteiger partial charge < -0.3 is 10.6 Å². The van der Waals surface area contributed by atoms with Crippen LogP contribution in [0, 0.1) is 0 Å². The second-order valence-corrected chi connectivity index (χ2v) is 6.82. The van der Waals surface area contributed by atoms with Crippen molar-refractivity contribution in [1.29, 1.82) is 0 Å². The first kappa shape index (κ1) is 19.9. The molecule has 7 nitrogen and oxygen atoms in total. The van der Waals surface area contributed by atoms with Crippen molar-refractivity contribution in [3.8, 4) is 0 Å². The number of aromatic nitrogens is 3. The van der Waals surface area contributed by atoms with E-state index in [0.29, 0.717) is 23.7 Å². The second-order valence-electron chi connectivity index (χ2n) is 6.00. The lowest BCUT2D eigenvalue weighted by Crippen LogP contribution is -2.36. The third-order valence-corrected chi connectivity index (χ3v) is 4.62. The second kappa shape index (κ2) is 9.34. The molecule has 0 spiro atoms. The van der Waals surface area contributed by atoms with E-state index in [2.05, 4.69) is 20.7 Å². The zero-order valence-electron chi connectivity index (χ0n) is 14.7. The highest BCUT2D eigenvalue weighted by atomic mass is 35.5. The Bertz CT molecular complexity index is 976. The van der Waals surface area contributed by atoms with E-state index in [4.69, 9.17) is 23.2 Å². The molecule has 0 atom stereocenters. The molecule has 3 aromatic rings. The van der Waals surface area contributed by atoms with Crippen molar-refractivity contribution in [3.63, 3.8) is 0 Å². The number of hydrogen-bond donors (Lipinski definition) is 2. The van der Waals surface area contributed by atoms with Crippen LogP contribution in [0.1, 0.15) is 21.5 Å². The number of carbonyl (C=O) groups is 2. The predicted molar refractivity (Wildman–Crippen MR) is 106 cm³/mol. The van der Waals surface area contributed by atoms with Gasteiger partial charge in [0.1, 0.15) is 12.7 Å². The minimum atomic E-state index is -0.399. The van der Waals surface area contributed by atoms with Gasteiger partial charge in [-0.3, -0.25) is 9.59 Å². The fourth-order valence-corrected chi connectivity index (χ4v) is 2.80. The van der Waals surface area contributed by atoms with Crippen LogP contribution in [-0.4, -0.2) is 33.1 Å². The summed E-state index contributed by atoms with van der Waals surface area (Å²) in [6, 6.07) is 12.3. The standard InChI is InChI=1S/C19H17Cl2N5O2/c20-16-5-4-15(7-17(16)21)19(28)24-9-18(27)23-8-13-2-1-3-14(6-13)10-26-12-22-11-25-26/h1-7,11-12H,8-10H2,(H,23,27)(H,24,28). The molecule has 2 N–H and O–H groups in total. The van der Waals surface area contributed by atoms with Crippen LogP contribution < -0.4 is 10.6 Å². The fraction of sp³-hybridized carbons (Fsp3) is 0.158. The van der Waals surface area contributed by atoms with Gasteiger partial charge in [0.15, 0.2) is 0 Å². The molecule has 0 radical (unpaired) electrons. The van der Waals surface area contributed by atoms with Crippen molar-refractivity contribution in [2.24, 2.45) is 0 Å². The average Bonchev–Trinajstić information content (AvgIpc) is 3.20. The Labute approximate surface area is 171 Å². The highest BCUT2D eigenvalue weighted by Gasteiger charge is 2.10. The van der Waals surface area contributed by atoms with Gasteiger partial charge in [-0.1, -0.05) is 47.5 Å². The molecular formula is C19H17Cl2N5O2. The van der Waals surface area contributed by atoms with Crippen molar-refractivity contribution in [2.45, 2.75) is 13.1 Å². The predicted octanol–water partition coefficient (Wildman–Crippen LogP) is 2.68. The van der Waals surface area contributed by atoms with Gasteiger partial charge in [0.2, 0.25) is 5.91 Å². The largest absolute Gasteiger partial charge is 0.350 e. The smallest absolute Gasteiger partial charge is 0.251 e. The molecule has 0 aliphatic heterocycles. The van der Waals surface area contributed by atoms with Crippen LogP contribution in [-0.2, 0) is 17.9 Å². The topological polar surface area (TPSA) is 88.9 Å². The van der Waals surface area contributed by atoms with Crippen molar-refractivity contribution >= 4 is 35.0 Å². The summed E-state index contributed by atoms with van der Waals surface area (Å²) >= 11 is 11.7. The molecule has 0 fully saturated rings.